The predicted molar refractivity (Wildman–Crippen MR) is 63.2 cm³/mol. The van der Waals surface area contributed by atoms with Crippen LogP contribution in [0.3, 0.4) is 0 Å². The molecule has 0 aromatic heterocycles. The van der Waals surface area contributed by atoms with E-state index in [0.29, 0.717) is 6.04 Å². The Bertz CT molecular complexity index is 219. The van der Waals surface area contributed by atoms with Crippen molar-refractivity contribution in [3.8, 4) is 0 Å². The molecule has 0 aliphatic heterocycles. The Morgan fingerprint density at radius 2 is 1.33 bits per heavy atom. The van der Waals surface area contributed by atoms with Crippen molar-refractivity contribution < 1.29 is 4.74 Å². The number of rotatable bonds is 1. The number of hydrogen-bond donors (Lipinski definition) is 0. The summed E-state index contributed by atoms with van der Waals surface area (Å²) in [5.41, 5.74) is 1.20. The monoisotopic (exact) mass is 209 g/mol. The maximum absolute atomic E-state index is 12.2. The van der Waals surface area contributed by atoms with Crippen LogP contribution in [0.5, 0.6) is 0 Å². The topological polar surface area (TPSA) is 26.1 Å². The van der Waals surface area contributed by atoms with Crippen molar-refractivity contribution in [2.75, 3.05) is 0 Å². The van der Waals surface area contributed by atoms with Crippen LogP contribution in [0.2, 0.25) is 0 Å². The van der Waals surface area contributed by atoms with Crippen molar-refractivity contribution in [2.24, 2.45) is 0 Å². The Morgan fingerprint density at radius 3 is 1.93 bits per heavy atom. The molecule has 0 N–H and O–H groups in total. The molecule has 0 unspecified atom stereocenters. The van der Waals surface area contributed by atoms with Crippen LogP contribution in [0.25, 0.3) is 0 Å². The summed E-state index contributed by atoms with van der Waals surface area (Å²) in [4.78, 5) is 0. The molecule has 2 heteroatoms. The van der Waals surface area contributed by atoms with Crippen molar-refractivity contribution in [2.45, 2.75) is 76.7 Å². The lowest BCUT2D eigenvalue weighted by Gasteiger charge is -2.21. The van der Waals surface area contributed by atoms with Crippen LogP contribution in [0.4, 0.5) is 0 Å². The van der Waals surface area contributed by atoms with Crippen LogP contribution in [-0.4, -0.2) is 16.5 Å². The second-order valence-electron chi connectivity index (χ2n) is 5.10. The summed E-state index contributed by atoms with van der Waals surface area (Å²) < 4.78 is 1.41. The first-order valence-corrected chi connectivity index (χ1v) is 6.69. The van der Waals surface area contributed by atoms with E-state index in [1.54, 1.807) is 0 Å². The summed E-state index contributed by atoms with van der Waals surface area (Å²) >= 11 is 0. The van der Waals surface area contributed by atoms with Crippen LogP contribution >= 0.6 is 0 Å². The molecule has 0 aromatic carbocycles. The quantitative estimate of drug-likeness (QED) is 0.280. The van der Waals surface area contributed by atoms with Crippen molar-refractivity contribution in [1.82, 2.24) is 0 Å². The minimum atomic E-state index is 0.320. The van der Waals surface area contributed by atoms with E-state index >= 15 is 0 Å². The molecule has 0 radical (unpaired) electrons. The second-order valence-corrected chi connectivity index (χ2v) is 5.10. The lowest BCUT2D eigenvalue weighted by atomic mass is 9.97. The first-order valence-electron chi connectivity index (χ1n) is 6.69. The SMILES string of the molecule is [O-][N+](=C1CCCCC1)C1CCCCCC1. The fraction of sp³-hybridized carbons (Fsp3) is 0.923. The van der Waals surface area contributed by atoms with E-state index in [-0.39, 0.29) is 0 Å². The van der Waals surface area contributed by atoms with E-state index in [9.17, 15) is 5.21 Å². The summed E-state index contributed by atoms with van der Waals surface area (Å²) in [5, 5.41) is 12.2. The number of hydroxylamine groups is 1. The molecule has 2 aliphatic carbocycles. The third kappa shape index (κ3) is 2.96. The molecule has 2 fully saturated rings. The molecule has 0 aromatic rings. The Labute approximate surface area is 93.0 Å². The van der Waals surface area contributed by atoms with Crippen LogP contribution in [0, 0.1) is 5.21 Å². The molecule has 2 aliphatic rings. The van der Waals surface area contributed by atoms with Crippen molar-refractivity contribution in [3.63, 3.8) is 0 Å². The van der Waals surface area contributed by atoms with E-state index in [1.807, 2.05) is 0 Å². The molecule has 0 amide bonds. The van der Waals surface area contributed by atoms with Gasteiger partial charge in [-0.15, -0.1) is 0 Å². The Kier molecular flexibility index (Phi) is 4.04. The van der Waals surface area contributed by atoms with Crippen LogP contribution in [-0.2, 0) is 0 Å². The normalized spacial score (nSPS) is 24.9. The maximum atomic E-state index is 12.2. The minimum Gasteiger partial charge on any atom is -0.624 e. The summed E-state index contributed by atoms with van der Waals surface area (Å²) in [6.45, 7) is 0. The van der Waals surface area contributed by atoms with Gasteiger partial charge >= 0.3 is 0 Å². The van der Waals surface area contributed by atoms with Gasteiger partial charge in [0.05, 0.1) is 0 Å². The molecule has 86 valence electrons. The molecule has 0 saturated heterocycles. The van der Waals surface area contributed by atoms with Gasteiger partial charge in [0.25, 0.3) is 0 Å². The second kappa shape index (κ2) is 5.53. The summed E-state index contributed by atoms with van der Waals surface area (Å²) in [6, 6.07) is 0.320. The molecular weight excluding hydrogens is 186 g/mol. The predicted octanol–water partition coefficient (Wildman–Crippen LogP) is 3.62. The van der Waals surface area contributed by atoms with Gasteiger partial charge in [-0.3, -0.25) is 0 Å². The van der Waals surface area contributed by atoms with Crippen LogP contribution in [0.1, 0.15) is 70.6 Å². The molecule has 2 rings (SSSR count). The van der Waals surface area contributed by atoms with E-state index in [4.69, 9.17) is 0 Å². The fourth-order valence-corrected chi connectivity index (χ4v) is 2.93. The van der Waals surface area contributed by atoms with Gasteiger partial charge in [-0.1, -0.05) is 19.3 Å². The van der Waals surface area contributed by atoms with E-state index in [1.165, 1.54) is 55.4 Å². The zero-order valence-electron chi connectivity index (χ0n) is 9.71. The largest absolute Gasteiger partial charge is 0.624 e. The Hall–Kier alpha value is -0.530. The highest BCUT2D eigenvalue weighted by Crippen LogP contribution is 2.22. The van der Waals surface area contributed by atoms with Gasteiger partial charge in [-0.2, -0.15) is 0 Å². The van der Waals surface area contributed by atoms with Gasteiger partial charge < -0.3 is 5.21 Å². The van der Waals surface area contributed by atoms with E-state index < -0.39 is 0 Å². The number of hydrogen-bond acceptors (Lipinski definition) is 1. The smallest absolute Gasteiger partial charge is 0.163 e. The standard InChI is InChI=1S/C13H23NO/c15-14(13-10-6-3-7-11-13)12-8-4-1-2-5-9-12/h12H,1-11H2. The highest BCUT2D eigenvalue weighted by atomic mass is 16.5. The minimum absolute atomic E-state index is 0.320. The lowest BCUT2D eigenvalue weighted by molar-refractivity contribution is -0.506. The third-order valence-corrected chi connectivity index (χ3v) is 3.90. The van der Waals surface area contributed by atoms with E-state index in [2.05, 4.69) is 0 Å². The average molecular weight is 209 g/mol. The molecule has 0 atom stereocenters. The number of nitrogens with zero attached hydrogens (tertiary/aromatic N) is 1. The maximum Gasteiger partial charge on any atom is 0.163 e. The Morgan fingerprint density at radius 1 is 0.800 bits per heavy atom. The van der Waals surface area contributed by atoms with Crippen molar-refractivity contribution in [1.29, 1.82) is 0 Å². The molecule has 0 bridgehead atoms. The van der Waals surface area contributed by atoms with Gasteiger partial charge in [-0.25, -0.2) is 4.74 Å². The molecule has 15 heavy (non-hydrogen) atoms. The molecule has 0 heterocycles. The fourth-order valence-electron chi connectivity index (χ4n) is 2.93. The Balaban J connectivity index is 1.99. The van der Waals surface area contributed by atoms with Gasteiger partial charge in [0.2, 0.25) is 0 Å². The van der Waals surface area contributed by atoms with Gasteiger partial charge in [0.1, 0.15) is 0 Å². The summed E-state index contributed by atoms with van der Waals surface area (Å²) in [5.74, 6) is 0. The van der Waals surface area contributed by atoms with Crippen LogP contribution < -0.4 is 0 Å². The molecular formula is C13H23NO. The van der Waals surface area contributed by atoms with Gasteiger partial charge in [0, 0.05) is 25.7 Å². The first-order chi connectivity index (χ1) is 7.38. The molecule has 2 nitrogen and oxygen atoms in total. The third-order valence-electron chi connectivity index (χ3n) is 3.90. The zero-order valence-corrected chi connectivity index (χ0v) is 9.71. The van der Waals surface area contributed by atoms with Crippen molar-refractivity contribution in [3.05, 3.63) is 5.21 Å². The highest BCUT2D eigenvalue weighted by Gasteiger charge is 2.23. The highest BCUT2D eigenvalue weighted by molar-refractivity contribution is 5.80. The van der Waals surface area contributed by atoms with Gasteiger partial charge in [-0.05, 0) is 25.7 Å². The van der Waals surface area contributed by atoms with Gasteiger partial charge in [0.15, 0.2) is 11.8 Å². The summed E-state index contributed by atoms with van der Waals surface area (Å²) in [7, 11) is 0. The summed E-state index contributed by atoms with van der Waals surface area (Å²) in [6.07, 6.45) is 13.4. The zero-order chi connectivity index (χ0) is 10.5. The molecule has 0 spiro atoms. The first kappa shape index (κ1) is 11.0. The van der Waals surface area contributed by atoms with Crippen molar-refractivity contribution >= 4 is 5.71 Å². The molecule has 2 saturated carbocycles. The van der Waals surface area contributed by atoms with Crippen LogP contribution in [0.15, 0.2) is 0 Å². The average Bonchev–Trinajstić information content (AvgIpc) is 2.58. The lowest BCUT2D eigenvalue weighted by Crippen LogP contribution is -2.28. The van der Waals surface area contributed by atoms with E-state index in [0.717, 1.165) is 25.7 Å².